The lowest BCUT2D eigenvalue weighted by Crippen LogP contribution is -2.58. The number of cyclic esters (lactones) is 1. The summed E-state index contributed by atoms with van der Waals surface area (Å²) in [5, 5.41) is 47.1. The average Bonchev–Trinajstić information content (AvgIpc) is 3.46. The van der Waals surface area contributed by atoms with Crippen LogP contribution in [-0.2, 0) is 38.1 Å². The van der Waals surface area contributed by atoms with Crippen molar-refractivity contribution in [2.24, 2.45) is 29.6 Å². The highest BCUT2D eigenvalue weighted by atomic mass is 16.6. The second-order valence-corrected chi connectivity index (χ2v) is 15.9. The lowest BCUT2D eigenvalue weighted by Gasteiger charge is -2.49. The number of carbonyl (C=O) groups is 4. The number of ether oxygens (including phenoxy) is 4. The molecule has 3 aliphatic rings. The predicted molar refractivity (Wildman–Crippen MR) is 209 cm³/mol. The van der Waals surface area contributed by atoms with E-state index in [1.165, 1.54) is 7.11 Å². The van der Waals surface area contributed by atoms with E-state index in [9.17, 15) is 39.6 Å². The molecule has 13 nitrogen and oxygen atoms in total. The Balaban J connectivity index is 1.87. The Hall–Kier alpha value is -3.88. The maximum atomic E-state index is 13.6. The molecule has 1 fully saturated rings. The summed E-state index contributed by atoms with van der Waals surface area (Å²) in [6.45, 7) is 16.4. The topological polar surface area (TPSA) is 198 Å². The number of aliphatic hydroxyl groups excluding tert-OH is 3. The molecule has 312 valence electrons. The third-order valence-corrected chi connectivity index (χ3v) is 11.3. The maximum absolute atomic E-state index is 13.6. The van der Waals surface area contributed by atoms with Gasteiger partial charge in [0.2, 0.25) is 5.91 Å². The van der Waals surface area contributed by atoms with Gasteiger partial charge in [-0.2, -0.15) is 0 Å². The van der Waals surface area contributed by atoms with Gasteiger partial charge in [-0.25, -0.2) is 9.59 Å². The number of nitrogens with one attached hydrogen (secondary N) is 1. The van der Waals surface area contributed by atoms with Gasteiger partial charge in [0.25, 0.3) is 0 Å². The molecule has 3 rings (SSSR count). The highest BCUT2D eigenvalue weighted by Crippen LogP contribution is 2.41. The summed E-state index contributed by atoms with van der Waals surface area (Å²) in [7, 11) is 1.47. The molecule has 0 aromatic carbocycles. The van der Waals surface area contributed by atoms with Gasteiger partial charge >= 0.3 is 11.9 Å². The lowest BCUT2D eigenvalue weighted by molar-refractivity contribution is -0.323. The first-order chi connectivity index (χ1) is 26.2. The average molecular weight is 786 g/mol. The van der Waals surface area contributed by atoms with Gasteiger partial charge in [0, 0.05) is 67.8 Å². The molecule has 12 atom stereocenters. The first-order valence-electron chi connectivity index (χ1n) is 19.6. The Bertz CT molecular complexity index is 1620. The van der Waals surface area contributed by atoms with Crippen LogP contribution < -0.4 is 5.32 Å². The van der Waals surface area contributed by atoms with E-state index in [4.69, 9.17) is 18.9 Å². The number of carbonyl (C=O) groups excluding carboxylic acids is 4. The molecular formula is C43H63NO12. The molecule has 2 heterocycles. The van der Waals surface area contributed by atoms with Crippen molar-refractivity contribution in [2.75, 3.05) is 7.11 Å². The normalized spacial score (nSPS) is 32.9. The molecule has 1 aliphatic carbocycles. The van der Waals surface area contributed by atoms with E-state index in [1.54, 1.807) is 39.0 Å². The highest BCUT2D eigenvalue weighted by molar-refractivity contribution is 6.04. The molecule has 0 saturated carbocycles. The summed E-state index contributed by atoms with van der Waals surface area (Å²) < 4.78 is 23.9. The molecule has 0 aromatic rings. The number of hydrogen-bond acceptors (Lipinski definition) is 12. The van der Waals surface area contributed by atoms with Crippen molar-refractivity contribution in [3.8, 4) is 0 Å². The van der Waals surface area contributed by atoms with Crippen molar-refractivity contribution in [3.63, 3.8) is 0 Å². The third-order valence-electron chi connectivity index (χ3n) is 11.3. The van der Waals surface area contributed by atoms with Crippen LogP contribution in [0.3, 0.4) is 0 Å². The van der Waals surface area contributed by atoms with Gasteiger partial charge in [-0.3, -0.25) is 9.59 Å². The van der Waals surface area contributed by atoms with Crippen molar-refractivity contribution in [1.82, 2.24) is 5.32 Å². The fourth-order valence-electron chi connectivity index (χ4n) is 7.75. The largest absolute Gasteiger partial charge is 0.510 e. The smallest absolute Gasteiger partial charge is 0.334 e. The minimum absolute atomic E-state index is 0.0259. The fourth-order valence-corrected chi connectivity index (χ4v) is 7.75. The van der Waals surface area contributed by atoms with E-state index in [0.29, 0.717) is 18.4 Å². The van der Waals surface area contributed by atoms with Gasteiger partial charge < -0.3 is 44.7 Å². The molecule has 1 amide bonds. The van der Waals surface area contributed by atoms with Crippen molar-refractivity contribution in [1.29, 1.82) is 0 Å². The molecule has 0 aromatic heterocycles. The lowest BCUT2D eigenvalue weighted by atomic mass is 9.77. The number of allylic oxidation sites excluding steroid dienone is 7. The van der Waals surface area contributed by atoms with Crippen LogP contribution in [0.2, 0.25) is 0 Å². The van der Waals surface area contributed by atoms with Gasteiger partial charge in [-0.15, -0.1) is 0 Å². The maximum Gasteiger partial charge on any atom is 0.334 e. The van der Waals surface area contributed by atoms with E-state index in [2.05, 4.69) is 5.32 Å². The zero-order valence-electron chi connectivity index (χ0n) is 34.5. The summed E-state index contributed by atoms with van der Waals surface area (Å²) in [5.41, 5.74) is 1.92. The first kappa shape index (κ1) is 46.5. The van der Waals surface area contributed by atoms with Crippen LogP contribution in [-0.4, -0.2) is 93.6 Å². The van der Waals surface area contributed by atoms with Crippen molar-refractivity contribution < 1.29 is 58.6 Å². The van der Waals surface area contributed by atoms with Crippen LogP contribution in [0.4, 0.5) is 0 Å². The van der Waals surface area contributed by atoms with Gasteiger partial charge in [-0.05, 0) is 45.6 Å². The van der Waals surface area contributed by atoms with Crippen molar-refractivity contribution in [3.05, 3.63) is 70.7 Å². The first-order valence-corrected chi connectivity index (χ1v) is 19.6. The second-order valence-electron chi connectivity index (χ2n) is 15.9. The Morgan fingerprint density at radius 3 is 2.39 bits per heavy atom. The van der Waals surface area contributed by atoms with Gasteiger partial charge in [-0.1, -0.05) is 77.0 Å². The molecule has 13 heteroatoms. The highest BCUT2D eigenvalue weighted by Gasteiger charge is 2.52. The number of hydrogen-bond donors (Lipinski definition) is 5. The summed E-state index contributed by atoms with van der Waals surface area (Å²) in [6, 6.07) is 0. The van der Waals surface area contributed by atoms with Gasteiger partial charge in [0.1, 0.15) is 29.8 Å². The number of amides is 1. The number of aliphatic hydroxyl groups is 4. The minimum Gasteiger partial charge on any atom is -0.510 e. The summed E-state index contributed by atoms with van der Waals surface area (Å²) in [5.74, 6) is -7.30. The minimum atomic E-state index is -1.99. The van der Waals surface area contributed by atoms with Gasteiger partial charge in [0.15, 0.2) is 11.6 Å². The molecule has 0 radical (unpaired) electrons. The zero-order chi connectivity index (χ0) is 42.1. The molecule has 0 spiro atoms. The van der Waals surface area contributed by atoms with E-state index in [-0.39, 0.29) is 48.5 Å². The zero-order valence-corrected chi connectivity index (χ0v) is 34.5. The molecule has 2 aliphatic heterocycles. The summed E-state index contributed by atoms with van der Waals surface area (Å²) in [4.78, 5) is 50.8. The third kappa shape index (κ3) is 12.1. The number of rotatable bonds is 10. The molecule has 12 unspecified atom stereocenters. The van der Waals surface area contributed by atoms with Crippen LogP contribution in [0.15, 0.2) is 70.7 Å². The number of esters is 2. The van der Waals surface area contributed by atoms with Crippen LogP contribution in [0, 0.1) is 29.6 Å². The van der Waals surface area contributed by atoms with E-state index < -0.39 is 77.9 Å². The molecule has 56 heavy (non-hydrogen) atoms. The van der Waals surface area contributed by atoms with Crippen LogP contribution in [0.25, 0.3) is 0 Å². The van der Waals surface area contributed by atoms with Crippen LogP contribution in [0.1, 0.15) is 94.4 Å². The van der Waals surface area contributed by atoms with E-state index in [0.717, 1.165) is 23.3 Å². The van der Waals surface area contributed by atoms with Gasteiger partial charge in [0.05, 0.1) is 18.3 Å². The van der Waals surface area contributed by atoms with Crippen molar-refractivity contribution in [2.45, 2.75) is 137 Å². The fraction of sp³-hybridized carbons (Fsp3) is 0.628. The Kier molecular flexibility index (Phi) is 17.0. The standard InChI is InChI=1S/C43H63NO12/c1-11-33-28(7)35(54-37(48)18-17-36(47)44-38-31(45)15-16-32(38)46)22-43(52,56-33)30(9)40(50)29(8)41-34(53-10)14-12-13-23(2)19-25(4)39(49)26(5)20-24(3)21-27(6)42(51)55-41/h12-14,17-18,20-21,25-26,28-30,33-35,39-41,45,49-50,52H,11,15-16,19,22H2,1-10H3,(H,44,47). The monoisotopic (exact) mass is 785 g/mol. The van der Waals surface area contributed by atoms with Crippen LogP contribution >= 0.6 is 0 Å². The molecule has 1 saturated heterocycles. The molecule has 5 N–H and O–H groups in total. The molecule has 0 bridgehead atoms. The Morgan fingerprint density at radius 2 is 1.79 bits per heavy atom. The second kappa shape index (κ2) is 20.5. The summed E-state index contributed by atoms with van der Waals surface area (Å²) >= 11 is 0. The quantitative estimate of drug-likeness (QED) is 0.143. The predicted octanol–water partition coefficient (Wildman–Crippen LogP) is 5.22. The Labute approximate surface area is 331 Å². The molecular weight excluding hydrogens is 722 g/mol. The SMILES string of the molecule is CCC1OC(O)(C(C)C(O)C(C)C2OC(=O)C(C)=CC(C)=CC(C)C(O)C(C)CC(C)=CC=CC2OC)CC(OC(=O)C=CC(=O)NC2=C(O)CCC2=O)C1C. The van der Waals surface area contributed by atoms with Crippen LogP contribution in [0.5, 0.6) is 0 Å². The van der Waals surface area contributed by atoms with E-state index >= 15 is 0 Å². The van der Waals surface area contributed by atoms with Crippen molar-refractivity contribution >= 4 is 23.6 Å². The number of Topliss-reactive ketones (excluding diaryl/α,β-unsaturated/α-hetero) is 1. The Morgan fingerprint density at radius 1 is 1.11 bits per heavy atom. The number of methoxy groups -OCH3 is 1. The number of ketones is 1. The summed E-state index contributed by atoms with van der Waals surface area (Å²) in [6.07, 6.45) is 6.74. The van der Waals surface area contributed by atoms with E-state index in [1.807, 2.05) is 53.7 Å².